The SMILES string of the molecule is OC(CNCCCC(F)(F)F)COc1ccc(Cl)cc1. The third-order valence-electron chi connectivity index (χ3n) is 2.45. The molecular formula is C13H17ClF3NO2. The zero-order chi connectivity index (χ0) is 15.0. The molecule has 0 bridgehead atoms. The van der Waals surface area contributed by atoms with Crippen molar-refractivity contribution in [3.05, 3.63) is 29.3 Å². The van der Waals surface area contributed by atoms with Gasteiger partial charge in [-0.2, -0.15) is 13.2 Å². The van der Waals surface area contributed by atoms with Gasteiger partial charge in [0, 0.05) is 18.0 Å². The van der Waals surface area contributed by atoms with Crippen LogP contribution in [0.25, 0.3) is 0 Å². The summed E-state index contributed by atoms with van der Waals surface area (Å²) in [6, 6.07) is 6.68. The minimum Gasteiger partial charge on any atom is -0.491 e. The Balaban J connectivity index is 2.08. The highest BCUT2D eigenvalue weighted by Gasteiger charge is 2.25. The highest BCUT2D eigenvalue weighted by Crippen LogP contribution is 2.20. The van der Waals surface area contributed by atoms with Gasteiger partial charge in [-0.25, -0.2) is 0 Å². The molecule has 20 heavy (non-hydrogen) atoms. The number of halogens is 4. The summed E-state index contributed by atoms with van der Waals surface area (Å²) in [5.41, 5.74) is 0. The van der Waals surface area contributed by atoms with E-state index in [0.29, 0.717) is 10.8 Å². The van der Waals surface area contributed by atoms with Crippen molar-refractivity contribution in [2.45, 2.75) is 25.1 Å². The van der Waals surface area contributed by atoms with Crippen LogP contribution in [0.5, 0.6) is 5.75 Å². The minimum absolute atomic E-state index is 0.00569. The molecule has 0 amide bonds. The standard InChI is InChI=1S/C13H17ClF3NO2/c14-10-2-4-12(5-3-10)20-9-11(19)8-18-7-1-6-13(15,16)17/h2-5,11,18-19H,1,6-9H2. The van der Waals surface area contributed by atoms with Crippen LogP contribution >= 0.6 is 11.6 Å². The molecule has 0 saturated carbocycles. The second-order valence-electron chi connectivity index (χ2n) is 4.34. The average Bonchev–Trinajstić information content (AvgIpc) is 2.36. The third kappa shape index (κ3) is 8.24. The van der Waals surface area contributed by atoms with E-state index >= 15 is 0 Å². The zero-order valence-electron chi connectivity index (χ0n) is 10.8. The smallest absolute Gasteiger partial charge is 0.389 e. The van der Waals surface area contributed by atoms with Gasteiger partial charge in [0.2, 0.25) is 0 Å². The van der Waals surface area contributed by atoms with Crippen molar-refractivity contribution in [1.82, 2.24) is 5.32 Å². The fourth-order valence-electron chi connectivity index (χ4n) is 1.46. The first-order chi connectivity index (χ1) is 9.37. The average molecular weight is 312 g/mol. The zero-order valence-corrected chi connectivity index (χ0v) is 11.5. The number of alkyl halides is 3. The van der Waals surface area contributed by atoms with E-state index in [1.165, 1.54) is 0 Å². The van der Waals surface area contributed by atoms with E-state index < -0.39 is 18.7 Å². The van der Waals surface area contributed by atoms with Crippen molar-refractivity contribution in [2.75, 3.05) is 19.7 Å². The molecule has 1 aromatic rings. The number of aliphatic hydroxyl groups excluding tert-OH is 1. The first-order valence-electron chi connectivity index (χ1n) is 6.21. The molecule has 1 atom stereocenters. The van der Waals surface area contributed by atoms with Crippen molar-refractivity contribution in [3.63, 3.8) is 0 Å². The molecule has 1 aromatic carbocycles. The Bertz CT molecular complexity index is 384. The molecule has 1 rings (SSSR count). The largest absolute Gasteiger partial charge is 0.491 e. The summed E-state index contributed by atoms with van der Waals surface area (Å²) >= 11 is 5.71. The maximum Gasteiger partial charge on any atom is 0.389 e. The number of hydrogen-bond donors (Lipinski definition) is 2. The molecule has 0 radical (unpaired) electrons. The van der Waals surface area contributed by atoms with Crippen LogP contribution in [0.1, 0.15) is 12.8 Å². The van der Waals surface area contributed by atoms with Crippen LogP contribution < -0.4 is 10.1 Å². The summed E-state index contributed by atoms with van der Waals surface area (Å²) in [7, 11) is 0. The van der Waals surface area contributed by atoms with Gasteiger partial charge in [0.15, 0.2) is 0 Å². The van der Waals surface area contributed by atoms with E-state index in [0.717, 1.165) is 0 Å². The van der Waals surface area contributed by atoms with Gasteiger partial charge in [0.05, 0.1) is 0 Å². The highest BCUT2D eigenvalue weighted by atomic mass is 35.5. The molecule has 0 heterocycles. The van der Waals surface area contributed by atoms with Crippen LogP contribution in [0, 0.1) is 0 Å². The van der Waals surface area contributed by atoms with Crippen molar-refractivity contribution < 1.29 is 23.0 Å². The summed E-state index contributed by atoms with van der Waals surface area (Å²) in [6.45, 7) is 0.455. The summed E-state index contributed by atoms with van der Waals surface area (Å²) in [6.07, 6.45) is -5.74. The van der Waals surface area contributed by atoms with Gasteiger partial charge in [-0.3, -0.25) is 0 Å². The van der Waals surface area contributed by atoms with Gasteiger partial charge in [0.1, 0.15) is 18.5 Å². The Morgan fingerprint density at radius 1 is 1.25 bits per heavy atom. The van der Waals surface area contributed by atoms with Crippen LogP contribution in [-0.4, -0.2) is 37.1 Å². The van der Waals surface area contributed by atoms with Crippen LogP contribution in [0.2, 0.25) is 5.02 Å². The van der Waals surface area contributed by atoms with Gasteiger partial charge < -0.3 is 15.2 Å². The van der Waals surface area contributed by atoms with Crippen LogP contribution in [-0.2, 0) is 0 Å². The normalized spacial score (nSPS) is 13.2. The minimum atomic E-state index is -4.13. The van der Waals surface area contributed by atoms with Crippen LogP contribution in [0.4, 0.5) is 13.2 Å². The molecule has 0 aliphatic heterocycles. The maximum absolute atomic E-state index is 11.9. The van der Waals surface area contributed by atoms with Crippen molar-refractivity contribution in [2.24, 2.45) is 0 Å². The molecule has 0 fully saturated rings. The Morgan fingerprint density at radius 3 is 2.50 bits per heavy atom. The predicted octanol–water partition coefficient (Wildman–Crippen LogP) is 3.01. The highest BCUT2D eigenvalue weighted by molar-refractivity contribution is 6.30. The maximum atomic E-state index is 11.9. The molecule has 1 unspecified atom stereocenters. The van der Waals surface area contributed by atoms with E-state index in [2.05, 4.69) is 5.32 Å². The number of benzene rings is 1. The number of aliphatic hydroxyl groups is 1. The summed E-state index contributed by atoms with van der Waals surface area (Å²) in [5.74, 6) is 0.575. The van der Waals surface area contributed by atoms with Crippen LogP contribution in [0.3, 0.4) is 0 Å². The first-order valence-corrected chi connectivity index (χ1v) is 6.58. The molecule has 2 N–H and O–H groups in total. The fraction of sp³-hybridized carbons (Fsp3) is 0.538. The first kappa shape index (κ1) is 17.1. The Kier molecular flexibility index (Phi) is 7.12. The monoisotopic (exact) mass is 311 g/mol. The molecular weight excluding hydrogens is 295 g/mol. The quantitative estimate of drug-likeness (QED) is 0.725. The van der Waals surface area contributed by atoms with Gasteiger partial charge in [-0.05, 0) is 37.2 Å². The third-order valence-corrected chi connectivity index (χ3v) is 2.70. The van der Waals surface area contributed by atoms with E-state index in [1.54, 1.807) is 24.3 Å². The Hall–Kier alpha value is -0.980. The topological polar surface area (TPSA) is 41.5 Å². The van der Waals surface area contributed by atoms with Gasteiger partial charge >= 0.3 is 6.18 Å². The van der Waals surface area contributed by atoms with Crippen molar-refractivity contribution in [1.29, 1.82) is 0 Å². The number of ether oxygens (including phenoxy) is 1. The lowest BCUT2D eigenvalue weighted by atomic mass is 10.3. The summed E-state index contributed by atoms with van der Waals surface area (Å²) in [5, 5.41) is 12.9. The molecule has 0 aliphatic rings. The van der Waals surface area contributed by atoms with E-state index in [1.807, 2.05) is 0 Å². The van der Waals surface area contributed by atoms with E-state index in [4.69, 9.17) is 16.3 Å². The second-order valence-corrected chi connectivity index (χ2v) is 4.78. The molecule has 3 nitrogen and oxygen atoms in total. The van der Waals surface area contributed by atoms with Gasteiger partial charge in [-0.15, -0.1) is 0 Å². The summed E-state index contributed by atoms with van der Waals surface area (Å²) in [4.78, 5) is 0. The lowest BCUT2D eigenvalue weighted by Gasteiger charge is -2.13. The molecule has 7 heteroatoms. The Labute approximate surface area is 120 Å². The van der Waals surface area contributed by atoms with Gasteiger partial charge in [0.25, 0.3) is 0 Å². The second kappa shape index (κ2) is 8.34. The van der Waals surface area contributed by atoms with E-state index in [-0.39, 0.29) is 26.1 Å². The Morgan fingerprint density at radius 2 is 1.90 bits per heavy atom. The summed E-state index contributed by atoms with van der Waals surface area (Å²) < 4.78 is 40.9. The number of nitrogens with one attached hydrogen (secondary N) is 1. The molecule has 0 saturated heterocycles. The molecule has 0 aliphatic carbocycles. The fourth-order valence-corrected chi connectivity index (χ4v) is 1.59. The molecule has 114 valence electrons. The van der Waals surface area contributed by atoms with Crippen molar-refractivity contribution >= 4 is 11.6 Å². The molecule has 0 spiro atoms. The number of hydrogen-bond acceptors (Lipinski definition) is 3. The van der Waals surface area contributed by atoms with E-state index in [9.17, 15) is 18.3 Å². The lowest BCUT2D eigenvalue weighted by Crippen LogP contribution is -2.32. The predicted molar refractivity (Wildman–Crippen MR) is 71.1 cm³/mol. The van der Waals surface area contributed by atoms with Crippen LogP contribution in [0.15, 0.2) is 24.3 Å². The number of rotatable bonds is 8. The lowest BCUT2D eigenvalue weighted by molar-refractivity contribution is -0.135. The van der Waals surface area contributed by atoms with Gasteiger partial charge in [-0.1, -0.05) is 11.6 Å². The van der Waals surface area contributed by atoms with Crippen molar-refractivity contribution in [3.8, 4) is 5.75 Å². The molecule has 0 aromatic heterocycles.